The first-order chi connectivity index (χ1) is 12.3. The molecule has 1 aliphatic rings. The maximum absolute atomic E-state index is 12.0. The number of hydrogen-bond acceptors (Lipinski definition) is 6. The van der Waals surface area contributed by atoms with Crippen LogP contribution < -0.4 is 15.3 Å². The number of carbonyl (C=O) groups is 2. The highest BCUT2D eigenvalue weighted by Crippen LogP contribution is 2.24. The molecule has 8 nitrogen and oxygen atoms in total. The summed E-state index contributed by atoms with van der Waals surface area (Å²) in [6.07, 6.45) is -0.266. The predicted molar refractivity (Wildman–Crippen MR) is 94.1 cm³/mol. The molecular weight excluding hydrogens is 358 g/mol. The zero-order valence-electron chi connectivity index (χ0n) is 14.1. The molecule has 26 heavy (non-hydrogen) atoms. The third-order valence-electron chi connectivity index (χ3n) is 3.72. The average Bonchev–Trinajstić information content (AvgIpc) is 2.54. The zero-order valence-corrected chi connectivity index (χ0v) is 14.8. The Morgan fingerprint density at radius 1 is 1.27 bits per heavy atom. The molecule has 2 heterocycles. The van der Waals surface area contributed by atoms with E-state index >= 15 is 0 Å². The van der Waals surface area contributed by atoms with E-state index in [9.17, 15) is 14.7 Å². The number of halogens is 1. The monoisotopic (exact) mass is 372 g/mol. The first-order valence-electron chi connectivity index (χ1n) is 7.80. The fourth-order valence-corrected chi connectivity index (χ4v) is 2.80. The molecule has 1 aromatic carbocycles. The summed E-state index contributed by atoms with van der Waals surface area (Å²) in [4.78, 5) is 37.6. The van der Waals surface area contributed by atoms with Crippen molar-refractivity contribution in [2.75, 3.05) is 4.90 Å². The number of aliphatic imine (C=N–C) groups is 1. The van der Waals surface area contributed by atoms with Gasteiger partial charge in [-0.05, 0) is 44.2 Å². The number of anilines is 1. The van der Waals surface area contributed by atoms with Gasteiger partial charge in [0, 0.05) is 22.1 Å². The SMILES string of the molecule is Cc1cc(C)nc(/N=C2\NC(=O)CC(C(=O)[O-])N2c2ccc(Cl)cc2)n1. The molecule has 1 aromatic heterocycles. The summed E-state index contributed by atoms with van der Waals surface area (Å²) in [6, 6.07) is 7.06. The van der Waals surface area contributed by atoms with Crippen molar-refractivity contribution in [3.8, 4) is 0 Å². The molecule has 0 spiro atoms. The van der Waals surface area contributed by atoms with Gasteiger partial charge in [-0.3, -0.25) is 10.1 Å². The molecule has 0 aliphatic carbocycles. The van der Waals surface area contributed by atoms with Crippen molar-refractivity contribution in [3.05, 3.63) is 46.7 Å². The van der Waals surface area contributed by atoms with Crippen molar-refractivity contribution in [2.45, 2.75) is 26.3 Å². The molecule has 1 saturated heterocycles. The fourth-order valence-electron chi connectivity index (χ4n) is 2.68. The Morgan fingerprint density at radius 2 is 1.88 bits per heavy atom. The van der Waals surface area contributed by atoms with Gasteiger partial charge in [-0.15, -0.1) is 0 Å². The molecule has 1 fully saturated rings. The summed E-state index contributed by atoms with van der Waals surface area (Å²) in [5.74, 6) is -1.73. The summed E-state index contributed by atoms with van der Waals surface area (Å²) < 4.78 is 0. The molecule has 1 aliphatic heterocycles. The molecule has 9 heteroatoms. The number of nitrogens with one attached hydrogen (secondary N) is 1. The second-order valence-electron chi connectivity index (χ2n) is 5.82. The van der Waals surface area contributed by atoms with Gasteiger partial charge >= 0.3 is 0 Å². The van der Waals surface area contributed by atoms with E-state index in [0.717, 1.165) is 0 Å². The van der Waals surface area contributed by atoms with Gasteiger partial charge in [-0.1, -0.05) is 11.6 Å². The highest BCUT2D eigenvalue weighted by Gasteiger charge is 2.33. The van der Waals surface area contributed by atoms with Crippen LogP contribution in [0.25, 0.3) is 0 Å². The summed E-state index contributed by atoms with van der Waals surface area (Å²) in [5, 5.41) is 14.7. The van der Waals surface area contributed by atoms with E-state index in [0.29, 0.717) is 22.1 Å². The number of hydrogen-bond donors (Lipinski definition) is 1. The van der Waals surface area contributed by atoms with Gasteiger partial charge in [0.05, 0.1) is 18.4 Å². The Bertz CT molecular complexity index is 878. The lowest BCUT2D eigenvalue weighted by Gasteiger charge is -2.38. The molecule has 3 rings (SSSR count). The van der Waals surface area contributed by atoms with Crippen molar-refractivity contribution in [1.82, 2.24) is 15.3 Å². The van der Waals surface area contributed by atoms with E-state index < -0.39 is 17.9 Å². The highest BCUT2D eigenvalue weighted by atomic mass is 35.5. The Kier molecular flexibility index (Phi) is 4.85. The van der Waals surface area contributed by atoms with Crippen LogP contribution in [0.1, 0.15) is 17.8 Å². The van der Waals surface area contributed by atoms with Crippen LogP contribution in [0.3, 0.4) is 0 Å². The van der Waals surface area contributed by atoms with Gasteiger partial charge in [-0.25, -0.2) is 9.97 Å². The van der Waals surface area contributed by atoms with Crippen molar-refractivity contribution in [3.63, 3.8) is 0 Å². The Labute approximate surface area is 154 Å². The lowest BCUT2D eigenvalue weighted by Crippen LogP contribution is -2.61. The maximum atomic E-state index is 12.0. The number of rotatable bonds is 3. The molecular formula is C17H15ClN5O3-. The minimum atomic E-state index is -1.39. The Morgan fingerprint density at radius 3 is 2.46 bits per heavy atom. The van der Waals surface area contributed by atoms with E-state index in [4.69, 9.17) is 11.6 Å². The van der Waals surface area contributed by atoms with Crippen LogP contribution in [-0.2, 0) is 9.59 Å². The van der Waals surface area contributed by atoms with E-state index in [1.807, 2.05) is 0 Å². The molecule has 1 amide bonds. The van der Waals surface area contributed by atoms with Crippen LogP contribution in [0.2, 0.25) is 5.02 Å². The fraction of sp³-hybridized carbons (Fsp3) is 0.235. The minimum Gasteiger partial charge on any atom is -0.548 e. The van der Waals surface area contributed by atoms with Crippen LogP contribution in [0, 0.1) is 13.8 Å². The molecule has 0 saturated carbocycles. The van der Waals surface area contributed by atoms with Gasteiger partial charge in [0.2, 0.25) is 11.9 Å². The number of benzene rings is 1. The quantitative estimate of drug-likeness (QED) is 0.856. The lowest BCUT2D eigenvalue weighted by atomic mass is 10.1. The number of aryl methyl sites for hydroxylation is 2. The molecule has 2 aromatic rings. The topological polar surface area (TPSA) is 111 Å². The predicted octanol–water partition coefficient (Wildman–Crippen LogP) is 0.879. The molecule has 1 unspecified atom stereocenters. The van der Waals surface area contributed by atoms with Gasteiger partial charge in [0.15, 0.2) is 0 Å². The third kappa shape index (κ3) is 3.80. The first kappa shape index (κ1) is 17.8. The number of amides is 1. The van der Waals surface area contributed by atoms with Gasteiger partial charge in [-0.2, -0.15) is 4.99 Å². The smallest absolute Gasteiger partial charge is 0.253 e. The summed E-state index contributed by atoms with van der Waals surface area (Å²) in [6.45, 7) is 3.58. The maximum Gasteiger partial charge on any atom is 0.253 e. The van der Waals surface area contributed by atoms with Crippen LogP contribution >= 0.6 is 11.6 Å². The van der Waals surface area contributed by atoms with Crippen LogP contribution in [0.4, 0.5) is 11.6 Å². The summed E-state index contributed by atoms with van der Waals surface area (Å²) in [7, 11) is 0. The summed E-state index contributed by atoms with van der Waals surface area (Å²) >= 11 is 5.91. The van der Waals surface area contributed by atoms with Gasteiger partial charge in [0.1, 0.15) is 0 Å². The number of carboxylic acid groups (broad SMARTS) is 1. The van der Waals surface area contributed by atoms with Crippen molar-refractivity contribution in [1.29, 1.82) is 0 Å². The number of carboxylic acids is 1. The molecule has 134 valence electrons. The number of aromatic nitrogens is 2. The van der Waals surface area contributed by atoms with E-state index in [1.54, 1.807) is 44.2 Å². The second-order valence-corrected chi connectivity index (χ2v) is 6.26. The third-order valence-corrected chi connectivity index (χ3v) is 3.98. The molecule has 0 bridgehead atoms. The standard InChI is InChI=1S/C17H16ClN5O3/c1-9-7-10(2)20-16(19-9)22-17-21-14(24)8-13(15(25)26)23(17)12-5-3-11(18)4-6-12/h3-7,13H,8H2,1-2H3,(H,25,26)(H,19,20,21,22,24)/p-1. The number of guanidine groups is 1. The van der Waals surface area contributed by atoms with E-state index in [1.165, 1.54) is 4.90 Å². The van der Waals surface area contributed by atoms with E-state index in [-0.39, 0.29) is 18.3 Å². The zero-order chi connectivity index (χ0) is 18.8. The minimum absolute atomic E-state index is 0.0165. The molecule has 1 N–H and O–H groups in total. The number of carbonyl (C=O) groups excluding carboxylic acids is 2. The number of aliphatic carboxylic acids is 1. The lowest BCUT2D eigenvalue weighted by molar-refractivity contribution is -0.307. The van der Waals surface area contributed by atoms with Crippen LogP contribution in [-0.4, -0.2) is 33.8 Å². The van der Waals surface area contributed by atoms with Crippen molar-refractivity contribution >= 4 is 41.1 Å². The van der Waals surface area contributed by atoms with Gasteiger partial charge < -0.3 is 14.8 Å². The van der Waals surface area contributed by atoms with Crippen LogP contribution in [0.15, 0.2) is 35.3 Å². The first-order valence-corrected chi connectivity index (χ1v) is 8.18. The number of nitrogens with zero attached hydrogens (tertiary/aromatic N) is 4. The Hall–Kier alpha value is -3.00. The van der Waals surface area contributed by atoms with Crippen molar-refractivity contribution < 1.29 is 14.7 Å². The highest BCUT2D eigenvalue weighted by molar-refractivity contribution is 6.30. The van der Waals surface area contributed by atoms with Gasteiger partial charge in [0.25, 0.3) is 5.95 Å². The van der Waals surface area contributed by atoms with E-state index in [2.05, 4.69) is 20.3 Å². The largest absolute Gasteiger partial charge is 0.548 e. The van der Waals surface area contributed by atoms with Crippen LogP contribution in [0.5, 0.6) is 0 Å². The normalized spacial score (nSPS) is 18.7. The molecule has 1 atom stereocenters. The van der Waals surface area contributed by atoms with Crippen molar-refractivity contribution in [2.24, 2.45) is 4.99 Å². The average molecular weight is 373 g/mol. The molecule has 0 radical (unpaired) electrons. The Balaban J connectivity index is 2.11. The summed E-state index contributed by atoms with van der Waals surface area (Å²) in [5.41, 5.74) is 1.90. The second kappa shape index (κ2) is 7.09.